The number of anilines is 1. The number of nitrogens with one attached hydrogen (secondary N) is 2. The summed E-state index contributed by atoms with van der Waals surface area (Å²) < 4.78 is 56.6. The van der Waals surface area contributed by atoms with Gasteiger partial charge in [0.1, 0.15) is 16.8 Å². The second kappa shape index (κ2) is 9.08. The number of nitrogens with zero attached hydrogens (tertiary/aromatic N) is 2. The average molecular weight is 411 g/mol. The van der Waals surface area contributed by atoms with E-state index in [-0.39, 0.29) is 17.3 Å². The highest BCUT2D eigenvalue weighted by Gasteiger charge is 2.29. The smallest absolute Gasteiger partial charge is 0.407 e. The number of rotatable bonds is 6. The third-order valence-corrected chi connectivity index (χ3v) is 3.35. The number of nitriles is 1. The van der Waals surface area contributed by atoms with E-state index in [2.05, 4.69) is 15.6 Å². The Balaban J connectivity index is 2.87. The summed E-state index contributed by atoms with van der Waals surface area (Å²) in [5.74, 6) is -1.37. The fourth-order valence-electron chi connectivity index (χ4n) is 1.92. The molecule has 1 rings (SSSR count). The lowest BCUT2D eigenvalue weighted by molar-refractivity contribution is -0.135. The zero-order chi connectivity index (χ0) is 20.8. The number of carbonyl (C=O) groups is 1. The van der Waals surface area contributed by atoms with Gasteiger partial charge in [0.05, 0.1) is 5.56 Å². The maximum Gasteiger partial charge on any atom is 0.407 e. The van der Waals surface area contributed by atoms with Crippen molar-refractivity contribution in [2.24, 2.45) is 0 Å². The molecule has 1 aromatic heterocycles. The summed E-state index contributed by atoms with van der Waals surface area (Å²) in [6.07, 6.45) is -6.88. The van der Waals surface area contributed by atoms with Crippen molar-refractivity contribution in [1.82, 2.24) is 10.3 Å². The van der Waals surface area contributed by atoms with Crippen LogP contribution in [-0.4, -0.2) is 35.4 Å². The van der Waals surface area contributed by atoms with Crippen LogP contribution in [0.5, 0.6) is 0 Å². The lowest BCUT2D eigenvalue weighted by Crippen LogP contribution is -2.40. The van der Waals surface area contributed by atoms with E-state index in [1.54, 1.807) is 26.8 Å². The molecule has 0 aliphatic carbocycles. The van der Waals surface area contributed by atoms with Crippen LogP contribution < -0.4 is 10.6 Å². The van der Waals surface area contributed by atoms with E-state index < -0.39 is 48.4 Å². The summed E-state index contributed by atoms with van der Waals surface area (Å²) in [7, 11) is 0. The van der Waals surface area contributed by atoms with Gasteiger partial charge in [-0.05, 0) is 33.3 Å². The van der Waals surface area contributed by atoms with Crippen molar-refractivity contribution >= 4 is 23.5 Å². The number of pyridine rings is 1. The summed E-state index contributed by atoms with van der Waals surface area (Å²) in [4.78, 5) is 15.3. The fourth-order valence-corrected chi connectivity index (χ4v) is 2.10. The first-order chi connectivity index (χ1) is 12.3. The van der Waals surface area contributed by atoms with Gasteiger partial charge in [-0.2, -0.15) is 18.4 Å². The molecule has 1 atom stereocenters. The highest BCUT2D eigenvalue weighted by Crippen LogP contribution is 2.25. The van der Waals surface area contributed by atoms with E-state index in [1.165, 1.54) is 0 Å². The third-order valence-electron chi connectivity index (χ3n) is 3.06. The number of hydrogen-bond acceptors (Lipinski definition) is 5. The SMILES string of the molecule is CC(C)(C)OC(=O)NC[C@@H](CCC(F)(F)F)Nc1nc(Cl)c(C#N)cc1F. The first kappa shape index (κ1) is 22.8. The second-order valence-corrected chi connectivity index (χ2v) is 7.00. The van der Waals surface area contributed by atoms with Crippen LogP contribution in [0.1, 0.15) is 39.2 Å². The minimum atomic E-state index is -4.43. The molecular formula is C16H19ClF4N4O2. The molecule has 0 fully saturated rings. The van der Waals surface area contributed by atoms with Crippen LogP contribution >= 0.6 is 11.6 Å². The molecule has 1 aromatic rings. The Morgan fingerprint density at radius 2 is 2.04 bits per heavy atom. The Hall–Kier alpha value is -2.28. The van der Waals surface area contributed by atoms with E-state index >= 15 is 0 Å². The topological polar surface area (TPSA) is 87.0 Å². The second-order valence-electron chi connectivity index (χ2n) is 6.65. The lowest BCUT2D eigenvalue weighted by atomic mass is 10.1. The Morgan fingerprint density at radius 3 is 2.56 bits per heavy atom. The first-order valence-corrected chi connectivity index (χ1v) is 8.25. The van der Waals surface area contributed by atoms with Crippen molar-refractivity contribution in [2.45, 2.75) is 51.4 Å². The molecular weight excluding hydrogens is 392 g/mol. The van der Waals surface area contributed by atoms with Gasteiger partial charge in [-0.15, -0.1) is 0 Å². The summed E-state index contributed by atoms with van der Waals surface area (Å²) in [5.41, 5.74) is -0.994. The third kappa shape index (κ3) is 8.77. The van der Waals surface area contributed by atoms with Gasteiger partial charge in [-0.25, -0.2) is 14.2 Å². The molecule has 0 unspecified atom stereocenters. The maximum absolute atomic E-state index is 14.0. The van der Waals surface area contributed by atoms with Crippen molar-refractivity contribution in [1.29, 1.82) is 5.26 Å². The molecule has 6 nitrogen and oxygen atoms in total. The van der Waals surface area contributed by atoms with E-state index in [1.807, 2.05) is 0 Å². The van der Waals surface area contributed by atoms with Gasteiger partial charge in [-0.3, -0.25) is 0 Å². The van der Waals surface area contributed by atoms with Crippen LogP contribution in [-0.2, 0) is 4.74 Å². The molecule has 0 aromatic carbocycles. The molecule has 0 bridgehead atoms. The number of amides is 1. The predicted octanol–water partition coefficient (Wildman–Crippen LogP) is 4.39. The van der Waals surface area contributed by atoms with E-state index in [9.17, 15) is 22.4 Å². The molecule has 150 valence electrons. The van der Waals surface area contributed by atoms with Gasteiger partial charge in [0.25, 0.3) is 0 Å². The van der Waals surface area contributed by atoms with E-state index in [4.69, 9.17) is 21.6 Å². The van der Waals surface area contributed by atoms with Gasteiger partial charge >= 0.3 is 12.3 Å². The Bertz CT molecular complexity index is 714. The quantitative estimate of drug-likeness (QED) is 0.536. The Morgan fingerprint density at radius 1 is 1.41 bits per heavy atom. The van der Waals surface area contributed by atoms with Gasteiger partial charge in [0, 0.05) is 19.0 Å². The zero-order valence-corrected chi connectivity index (χ0v) is 15.6. The molecule has 0 radical (unpaired) electrons. The van der Waals surface area contributed by atoms with Crippen molar-refractivity contribution in [3.8, 4) is 6.07 Å². The highest BCUT2D eigenvalue weighted by molar-refractivity contribution is 6.30. The number of hydrogen-bond donors (Lipinski definition) is 2. The number of carbonyl (C=O) groups excluding carboxylic acids is 1. The number of ether oxygens (including phenoxy) is 1. The predicted molar refractivity (Wildman–Crippen MR) is 90.9 cm³/mol. The minimum absolute atomic E-state index is 0.210. The normalized spacial score (nSPS) is 12.9. The molecule has 1 heterocycles. The van der Waals surface area contributed by atoms with Crippen LogP contribution in [0.4, 0.5) is 28.2 Å². The summed E-state index contributed by atoms with van der Waals surface area (Å²) in [6, 6.07) is 1.45. The van der Waals surface area contributed by atoms with Crippen molar-refractivity contribution < 1.29 is 27.1 Å². The minimum Gasteiger partial charge on any atom is -0.444 e. The highest BCUT2D eigenvalue weighted by atomic mass is 35.5. The average Bonchev–Trinajstić information content (AvgIpc) is 2.50. The number of aromatic nitrogens is 1. The molecule has 0 spiro atoms. The lowest BCUT2D eigenvalue weighted by Gasteiger charge is -2.23. The molecule has 0 saturated heterocycles. The van der Waals surface area contributed by atoms with Crippen LogP contribution in [0.25, 0.3) is 0 Å². The summed E-state index contributed by atoms with van der Waals surface area (Å²) in [6.45, 7) is 4.61. The van der Waals surface area contributed by atoms with Crippen molar-refractivity contribution in [3.63, 3.8) is 0 Å². The number of alkyl carbamates (subject to hydrolysis) is 1. The zero-order valence-electron chi connectivity index (χ0n) is 14.9. The van der Waals surface area contributed by atoms with Crippen LogP contribution in [0.3, 0.4) is 0 Å². The molecule has 0 aliphatic rings. The number of alkyl halides is 3. The van der Waals surface area contributed by atoms with Gasteiger partial charge in [0.15, 0.2) is 11.6 Å². The Kier molecular flexibility index (Phi) is 7.65. The molecule has 0 saturated carbocycles. The molecule has 2 N–H and O–H groups in total. The monoisotopic (exact) mass is 410 g/mol. The van der Waals surface area contributed by atoms with Gasteiger partial charge in [0.2, 0.25) is 0 Å². The Labute approximate surface area is 158 Å². The summed E-state index contributed by atoms with van der Waals surface area (Å²) in [5, 5.41) is 13.3. The standard InChI is InChI=1S/C16H19ClF4N4O2/c1-15(2,3)27-14(26)23-8-10(4-5-16(19,20)21)24-13-11(18)6-9(7-22)12(17)25-13/h6,10H,4-5,8H2,1-3H3,(H,23,26)(H,24,25)/t10-/m1/s1. The molecule has 11 heteroatoms. The van der Waals surface area contributed by atoms with Crippen LogP contribution in [0.15, 0.2) is 6.07 Å². The number of halogens is 5. The van der Waals surface area contributed by atoms with Crippen LogP contribution in [0.2, 0.25) is 5.15 Å². The molecule has 1 amide bonds. The van der Waals surface area contributed by atoms with Crippen LogP contribution in [0, 0.1) is 17.1 Å². The fraction of sp³-hybridized carbons (Fsp3) is 0.562. The molecule has 27 heavy (non-hydrogen) atoms. The van der Waals surface area contributed by atoms with Gasteiger partial charge in [-0.1, -0.05) is 11.6 Å². The van der Waals surface area contributed by atoms with Gasteiger partial charge < -0.3 is 15.4 Å². The van der Waals surface area contributed by atoms with E-state index in [0.29, 0.717) is 0 Å². The first-order valence-electron chi connectivity index (χ1n) is 7.87. The van der Waals surface area contributed by atoms with Crippen molar-refractivity contribution in [3.05, 3.63) is 22.6 Å². The maximum atomic E-state index is 14.0. The summed E-state index contributed by atoms with van der Waals surface area (Å²) >= 11 is 5.72. The largest absolute Gasteiger partial charge is 0.444 e. The van der Waals surface area contributed by atoms with Crippen molar-refractivity contribution in [2.75, 3.05) is 11.9 Å². The molecule has 0 aliphatic heterocycles. The van der Waals surface area contributed by atoms with E-state index in [0.717, 1.165) is 6.07 Å².